The van der Waals surface area contributed by atoms with Gasteiger partial charge in [-0.3, -0.25) is 4.98 Å². The molecule has 1 heterocycles. The molecule has 3 nitrogen and oxygen atoms in total. The summed E-state index contributed by atoms with van der Waals surface area (Å²) in [6.07, 6.45) is 8.21. The number of fused-ring (bicyclic) bond motifs is 1. The topological polar surface area (TPSA) is 36.4 Å². The number of pyridine rings is 1. The molecule has 1 N–H and O–H groups in total. The van der Waals surface area contributed by atoms with Crippen molar-refractivity contribution in [2.24, 2.45) is 0 Å². The van der Waals surface area contributed by atoms with Crippen LogP contribution in [0.1, 0.15) is 48.3 Å². The van der Waals surface area contributed by atoms with Gasteiger partial charge in [0, 0.05) is 18.3 Å². The molecule has 0 radical (unpaired) electrons. The van der Waals surface area contributed by atoms with Gasteiger partial charge in [-0.1, -0.05) is 35.9 Å². The molecule has 0 unspecified atom stereocenters. The summed E-state index contributed by atoms with van der Waals surface area (Å²) in [5.41, 5.74) is 2.51. The van der Waals surface area contributed by atoms with Gasteiger partial charge in [0.2, 0.25) is 0 Å². The van der Waals surface area contributed by atoms with E-state index in [1.807, 2.05) is 18.3 Å². The number of hydrogen-bond donors (Lipinski definition) is 1. The summed E-state index contributed by atoms with van der Waals surface area (Å²) in [5.74, 6) is 0.0181. The van der Waals surface area contributed by atoms with Gasteiger partial charge in [0.05, 0.1) is 10.6 Å². The first-order chi connectivity index (χ1) is 12.0. The molecule has 1 aromatic carbocycles. The van der Waals surface area contributed by atoms with Crippen molar-refractivity contribution >= 4 is 11.6 Å². The Balaban J connectivity index is 2.02. The lowest BCUT2D eigenvalue weighted by Gasteiger charge is -2.37. The Bertz CT molecular complexity index is 719. The van der Waals surface area contributed by atoms with Crippen molar-refractivity contribution in [2.45, 2.75) is 43.6 Å². The van der Waals surface area contributed by atoms with Crippen molar-refractivity contribution in [1.29, 1.82) is 0 Å². The van der Waals surface area contributed by atoms with E-state index < -0.39 is 5.60 Å². The van der Waals surface area contributed by atoms with Crippen molar-refractivity contribution in [3.63, 3.8) is 0 Å². The minimum absolute atomic E-state index is 0.0181. The van der Waals surface area contributed by atoms with Gasteiger partial charge in [-0.15, -0.1) is 0 Å². The molecule has 0 saturated heterocycles. The maximum absolute atomic E-state index is 11.9. The van der Waals surface area contributed by atoms with Crippen LogP contribution in [0, 0.1) is 0 Å². The second-order valence-electron chi connectivity index (χ2n) is 7.37. The predicted octanol–water partition coefficient (Wildman–Crippen LogP) is 4.38. The largest absolute Gasteiger partial charge is 0.385 e. The van der Waals surface area contributed by atoms with Gasteiger partial charge in [-0.2, -0.15) is 0 Å². The lowest BCUT2D eigenvalue weighted by atomic mass is 9.73. The Labute approximate surface area is 155 Å². The zero-order valence-electron chi connectivity index (χ0n) is 15.1. The molecule has 3 rings (SSSR count). The molecule has 25 heavy (non-hydrogen) atoms. The highest BCUT2D eigenvalue weighted by Gasteiger charge is 2.41. The minimum Gasteiger partial charge on any atom is -0.385 e. The van der Waals surface area contributed by atoms with Crippen LogP contribution in [0.2, 0.25) is 5.02 Å². The van der Waals surface area contributed by atoms with Crippen LogP contribution >= 0.6 is 11.6 Å². The summed E-state index contributed by atoms with van der Waals surface area (Å²) < 4.78 is 0. The maximum atomic E-state index is 11.9. The van der Waals surface area contributed by atoms with E-state index in [1.54, 1.807) is 6.20 Å². The van der Waals surface area contributed by atoms with Crippen LogP contribution in [-0.4, -0.2) is 35.6 Å². The quantitative estimate of drug-likeness (QED) is 0.805. The third-order valence-electron chi connectivity index (χ3n) is 5.29. The van der Waals surface area contributed by atoms with Gasteiger partial charge in [-0.05, 0) is 75.5 Å². The van der Waals surface area contributed by atoms with E-state index in [2.05, 4.69) is 42.2 Å². The fourth-order valence-corrected chi connectivity index (χ4v) is 4.30. The normalized spacial score (nSPS) is 23.3. The molecule has 0 amide bonds. The van der Waals surface area contributed by atoms with Crippen LogP contribution in [0.5, 0.6) is 0 Å². The van der Waals surface area contributed by atoms with Crippen LogP contribution in [0.25, 0.3) is 0 Å². The fourth-order valence-electron chi connectivity index (χ4n) is 4.12. The number of nitrogens with zero attached hydrogens (tertiary/aromatic N) is 2. The number of benzene rings is 1. The summed E-state index contributed by atoms with van der Waals surface area (Å²) in [6.45, 7) is 0.963. The molecule has 1 aliphatic carbocycles. The molecule has 134 valence electrons. The number of hydrogen-bond acceptors (Lipinski definition) is 3. The lowest BCUT2D eigenvalue weighted by Crippen LogP contribution is -2.34. The highest BCUT2D eigenvalue weighted by Crippen LogP contribution is 2.47. The van der Waals surface area contributed by atoms with Crippen LogP contribution in [0.3, 0.4) is 0 Å². The van der Waals surface area contributed by atoms with Crippen LogP contribution in [-0.2, 0) is 12.0 Å². The molecule has 0 saturated carbocycles. The summed E-state index contributed by atoms with van der Waals surface area (Å²) >= 11 is 6.19. The zero-order valence-corrected chi connectivity index (χ0v) is 15.8. The second kappa shape index (κ2) is 7.86. The Morgan fingerprint density at radius 3 is 2.84 bits per heavy atom. The molecule has 0 bridgehead atoms. The average Bonchev–Trinajstić information content (AvgIpc) is 2.72. The first-order valence-electron chi connectivity index (χ1n) is 9.06. The molecular formula is C21H27ClN2O. The SMILES string of the molecule is CN(C)CCC[C@]1(O)c2ccccc2CCC[C@H]1c1cncc(Cl)c1. The summed E-state index contributed by atoms with van der Waals surface area (Å²) in [4.78, 5) is 6.44. The molecule has 2 aromatic rings. The molecule has 4 heteroatoms. The molecule has 0 spiro atoms. The van der Waals surface area contributed by atoms with E-state index in [-0.39, 0.29) is 5.92 Å². The summed E-state index contributed by atoms with van der Waals surface area (Å²) in [7, 11) is 4.15. The van der Waals surface area contributed by atoms with Gasteiger partial charge in [0.25, 0.3) is 0 Å². The first kappa shape index (κ1) is 18.4. The highest BCUT2D eigenvalue weighted by molar-refractivity contribution is 6.30. The Hall–Kier alpha value is -1.42. The summed E-state index contributed by atoms with van der Waals surface area (Å²) in [6, 6.07) is 10.3. The average molecular weight is 359 g/mol. The van der Waals surface area contributed by atoms with Crippen LogP contribution in [0.4, 0.5) is 0 Å². The van der Waals surface area contributed by atoms with Crippen LogP contribution in [0.15, 0.2) is 42.7 Å². The maximum Gasteiger partial charge on any atom is 0.0968 e. The Morgan fingerprint density at radius 1 is 1.28 bits per heavy atom. The second-order valence-corrected chi connectivity index (χ2v) is 7.81. The monoisotopic (exact) mass is 358 g/mol. The van der Waals surface area contributed by atoms with E-state index in [1.165, 1.54) is 5.56 Å². The molecular weight excluding hydrogens is 332 g/mol. The van der Waals surface area contributed by atoms with Crippen molar-refractivity contribution in [1.82, 2.24) is 9.88 Å². The molecule has 0 fully saturated rings. The van der Waals surface area contributed by atoms with Gasteiger partial charge in [0.1, 0.15) is 0 Å². The number of rotatable bonds is 5. The number of aromatic nitrogens is 1. The first-order valence-corrected chi connectivity index (χ1v) is 9.44. The number of halogens is 1. The van der Waals surface area contributed by atoms with Crippen molar-refractivity contribution < 1.29 is 5.11 Å². The smallest absolute Gasteiger partial charge is 0.0968 e. The van der Waals surface area contributed by atoms with E-state index in [0.717, 1.165) is 49.8 Å². The number of aryl methyl sites for hydroxylation is 1. The lowest BCUT2D eigenvalue weighted by molar-refractivity contribution is -0.00614. The van der Waals surface area contributed by atoms with Gasteiger partial charge >= 0.3 is 0 Å². The standard InChI is InChI=1S/C21H27ClN2O/c1-24(2)12-6-11-21(25)19-9-4-3-7-16(19)8-5-10-20(21)17-13-18(22)15-23-14-17/h3-4,7,9,13-15,20,25H,5-6,8,10-12H2,1-2H3/t20-,21-/m0/s1. The molecule has 1 aromatic heterocycles. The van der Waals surface area contributed by atoms with Crippen molar-refractivity contribution in [3.8, 4) is 0 Å². The molecule has 0 aliphatic heterocycles. The Morgan fingerprint density at radius 2 is 2.08 bits per heavy atom. The Kier molecular flexibility index (Phi) is 5.78. The summed E-state index contributed by atoms with van der Waals surface area (Å²) in [5, 5.41) is 12.6. The van der Waals surface area contributed by atoms with Gasteiger partial charge in [0.15, 0.2) is 0 Å². The van der Waals surface area contributed by atoms with E-state index in [4.69, 9.17) is 11.6 Å². The van der Waals surface area contributed by atoms with Crippen molar-refractivity contribution in [3.05, 3.63) is 64.4 Å². The van der Waals surface area contributed by atoms with E-state index in [9.17, 15) is 5.11 Å². The predicted molar refractivity (Wildman–Crippen MR) is 103 cm³/mol. The highest BCUT2D eigenvalue weighted by atomic mass is 35.5. The van der Waals surface area contributed by atoms with Crippen molar-refractivity contribution in [2.75, 3.05) is 20.6 Å². The molecule has 2 atom stereocenters. The van der Waals surface area contributed by atoms with Gasteiger partial charge in [-0.25, -0.2) is 0 Å². The zero-order chi connectivity index (χ0) is 17.9. The fraction of sp³-hybridized carbons (Fsp3) is 0.476. The molecule has 1 aliphatic rings. The number of aliphatic hydroxyl groups is 1. The minimum atomic E-state index is -0.879. The van der Waals surface area contributed by atoms with E-state index >= 15 is 0 Å². The third-order valence-corrected chi connectivity index (χ3v) is 5.50. The van der Waals surface area contributed by atoms with E-state index in [0.29, 0.717) is 5.02 Å². The third kappa shape index (κ3) is 4.05. The van der Waals surface area contributed by atoms with Gasteiger partial charge < -0.3 is 10.0 Å². The van der Waals surface area contributed by atoms with Crippen LogP contribution < -0.4 is 0 Å².